The summed E-state index contributed by atoms with van der Waals surface area (Å²) in [4.78, 5) is 11.9. The van der Waals surface area contributed by atoms with Gasteiger partial charge in [0.15, 0.2) is 0 Å². The van der Waals surface area contributed by atoms with Gasteiger partial charge in [-0.1, -0.05) is 53.1 Å². The molecule has 3 rings (SSSR count). The lowest BCUT2D eigenvalue weighted by molar-refractivity contribution is -0.112. The van der Waals surface area contributed by atoms with Crippen molar-refractivity contribution < 1.29 is 9.21 Å². The minimum Gasteiger partial charge on any atom is -0.403 e. The maximum atomic E-state index is 11.9. The summed E-state index contributed by atoms with van der Waals surface area (Å²) in [5.41, 5.74) is 2.85. The van der Waals surface area contributed by atoms with E-state index in [1.807, 2.05) is 61.5 Å². The summed E-state index contributed by atoms with van der Waals surface area (Å²) in [6.07, 6.45) is 3.14. The second-order valence-electron chi connectivity index (χ2n) is 5.02. The van der Waals surface area contributed by atoms with Crippen molar-refractivity contribution in [2.24, 2.45) is 0 Å². The van der Waals surface area contributed by atoms with Gasteiger partial charge in [0.2, 0.25) is 5.89 Å². The molecule has 0 spiro atoms. The van der Waals surface area contributed by atoms with Crippen LogP contribution in [0.5, 0.6) is 0 Å². The van der Waals surface area contributed by atoms with Crippen molar-refractivity contribution in [3.63, 3.8) is 0 Å². The largest absolute Gasteiger partial charge is 0.403 e. The minimum atomic E-state index is -0.326. The Labute approximate surface area is 133 Å². The van der Waals surface area contributed by atoms with Gasteiger partial charge in [-0.25, -0.2) is 0 Å². The van der Waals surface area contributed by atoms with Gasteiger partial charge in [0.05, 0.1) is 0 Å². The number of anilines is 1. The van der Waals surface area contributed by atoms with Crippen LogP contribution in [0, 0.1) is 6.92 Å². The number of hydrogen-bond acceptors (Lipinski definition) is 4. The number of carbonyl (C=O) groups is 1. The molecular weight excluding hydrogens is 290 g/mol. The molecule has 0 saturated heterocycles. The third-order valence-electron chi connectivity index (χ3n) is 3.15. The van der Waals surface area contributed by atoms with E-state index in [4.69, 9.17) is 4.42 Å². The van der Waals surface area contributed by atoms with Crippen molar-refractivity contribution in [3.05, 3.63) is 71.8 Å². The summed E-state index contributed by atoms with van der Waals surface area (Å²) in [6, 6.07) is 17.3. The first-order valence-corrected chi connectivity index (χ1v) is 7.15. The van der Waals surface area contributed by atoms with Crippen LogP contribution in [0.1, 0.15) is 11.1 Å². The molecule has 0 bridgehead atoms. The lowest BCUT2D eigenvalue weighted by Crippen LogP contribution is -2.07. The molecule has 1 heterocycles. The summed E-state index contributed by atoms with van der Waals surface area (Å²) >= 11 is 0. The van der Waals surface area contributed by atoms with E-state index >= 15 is 0 Å². The van der Waals surface area contributed by atoms with Crippen molar-refractivity contribution in [1.29, 1.82) is 0 Å². The normalized spacial score (nSPS) is 10.8. The summed E-state index contributed by atoms with van der Waals surface area (Å²) in [6.45, 7) is 1.98. The molecule has 23 heavy (non-hydrogen) atoms. The van der Waals surface area contributed by atoms with Crippen LogP contribution in [0.3, 0.4) is 0 Å². The fourth-order valence-electron chi connectivity index (χ4n) is 2.05. The van der Waals surface area contributed by atoms with Crippen LogP contribution >= 0.6 is 0 Å². The van der Waals surface area contributed by atoms with Gasteiger partial charge in [-0.3, -0.25) is 10.1 Å². The average Bonchev–Trinajstić information content (AvgIpc) is 3.02. The molecular formula is C18H15N3O2. The van der Waals surface area contributed by atoms with Gasteiger partial charge in [0.25, 0.3) is 5.91 Å². The molecule has 0 aliphatic rings. The van der Waals surface area contributed by atoms with E-state index in [1.54, 1.807) is 6.08 Å². The molecule has 5 nitrogen and oxygen atoms in total. The summed E-state index contributed by atoms with van der Waals surface area (Å²) in [5.74, 6) is 0.0457. The van der Waals surface area contributed by atoms with E-state index in [9.17, 15) is 4.79 Å². The van der Waals surface area contributed by atoms with E-state index in [0.29, 0.717) is 5.89 Å². The van der Waals surface area contributed by atoms with Gasteiger partial charge in [-0.15, -0.1) is 5.10 Å². The Hall–Kier alpha value is -3.21. The van der Waals surface area contributed by atoms with Crippen molar-refractivity contribution >= 4 is 18.0 Å². The molecule has 0 aliphatic carbocycles. The number of carbonyl (C=O) groups excluding carboxylic acids is 1. The van der Waals surface area contributed by atoms with Gasteiger partial charge in [0.1, 0.15) is 0 Å². The first-order valence-electron chi connectivity index (χ1n) is 7.15. The highest BCUT2D eigenvalue weighted by atomic mass is 16.4. The zero-order valence-electron chi connectivity index (χ0n) is 12.6. The Morgan fingerprint density at radius 1 is 1.09 bits per heavy atom. The zero-order valence-corrected chi connectivity index (χ0v) is 12.6. The molecule has 0 unspecified atom stereocenters. The molecule has 0 saturated carbocycles. The molecule has 0 radical (unpaired) electrons. The molecule has 1 aromatic heterocycles. The van der Waals surface area contributed by atoms with E-state index < -0.39 is 0 Å². The van der Waals surface area contributed by atoms with Crippen molar-refractivity contribution in [2.45, 2.75) is 6.92 Å². The number of benzene rings is 2. The smallest absolute Gasteiger partial charge is 0.322 e. The molecule has 5 heteroatoms. The molecule has 0 aliphatic heterocycles. The highest BCUT2D eigenvalue weighted by Gasteiger charge is 2.09. The number of nitrogens with one attached hydrogen (secondary N) is 1. The van der Waals surface area contributed by atoms with Crippen LogP contribution < -0.4 is 5.32 Å². The quantitative estimate of drug-likeness (QED) is 0.746. The summed E-state index contributed by atoms with van der Waals surface area (Å²) in [7, 11) is 0. The monoisotopic (exact) mass is 305 g/mol. The number of nitrogens with zero attached hydrogens (tertiary/aromatic N) is 2. The van der Waals surface area contributed by atoms with E-state index in [2.05, 4.69) is 15.5 Å². The number of rotatable bonds is 4. The van der Waals surface area contributed by atoms with Gasteiger partial charge < -0.3 is 4.42 Å². The zero-order chi connectivity index (χ0) is 16.1. The highest BCUT2D eigenvalue weighted by molar-refractivity contribution is 6.00. The van der Waals surface area contributed by atoms with Crippen LogP contribution in [-0.2, 0) is 4.79 Å². The third-order valence-corrected chi connectivity index (χ3v) is 3.15. The molecule has 0 fully saturated rings. The van der Waals surface area contributed by atoms with Gasteiger partial charge in [-0.2, -0.15) is 0 Å². The van der Waals surface area contributed by atoms with Crippen LogP contribution in [-0.4, -0.2) is 16.1 Å². The molecule has 1 N–H and O–H groups in total. The highest BCUT2D eigenvalue weighted by Crippen LogP contribution is 2.20. The Balaban J connectivity index is 1.67. The Morgan fingerprint density at radius 2 is 1.91 bits per heavy atom. The molecule has 114 valence electrons. The Bertz CT molecular complexity index is 838. The number of hydrogen-bond donors (Lipinski definition) is 1. The van der Waals surface area contributed by atoms with Crippen molar-refractivity contribution in [1.82, 2.24) is 10.2 Å². The summed E-state index contributed by atoms with van der Waals surface area (Å²) < 4.78 is 5.46. The number of amides is 1. The lowest BCUT2D eigenvalue weighted by atomic mass is 10.1. The Kier molecular flexibility index (Phi) is 4.29. The summed E-state index contributed by atoms with van der Waals surface area (Å²) in [5, 5.41) is 10.3. The first-order chi connectivity index (χ1) is 11.2. The standard InChI is InChI=1S/C18H15N3O2/c1-13-6-5-9-15(12-13)17-20-21-18(23-17)19-16(22)11-10-14-7-3-2-4-8-14/h2-12H,1H3,(H,19,21,22)/b11-10+. The van der Waals surface area contributed by atoms with E-state index in [-0.39, 0.29) is 11.9 Å². The molecule has 0 atom stereocenters. The first kappa shape index (κ1) is 14.7. The van der Waals surface area contributed by atoms with Crippen LogP contribution in [0.4, 0.5) is 6.01 Å². The van der Waals surface area contributed by atoms with Crippen molar-refractivity contribution in [2.75, 3.05) is 5.32 Å². The maximum absolute atomic E-state index is 11.9. The third kappa shape index (κ3) is 3.91. The number of aryl methyl sites for hydroxylation is 1. The second-order valence-corrected chi connectivity index (χ2v) is 5.02. The lowest BCUT2D eigenvalue weighted by Gasteiger charge is -1.97. The molecule has 1 amide bonds. The molecule has 2 aromatic carbocycles. The van der Waals surface area contributed by atoms with Gasteiger partial charge in [-0.05, 0) is 30.7 Å². The molecule has 3 aromatic rings. The predicted octanol–water partition coefficient (Wildman–Crippen LogP) is 3.70. The van der Waals surface area contributed by atoms with E-state index in [1.165, 1.54) is 6.08 Å². The van der Waals surface area contributed by atoms with Crippen LogP contribution in [0.2, 0.25) is 0 Å². The average molecular weight is 305 g/mol. The predicted molar refractivity (Wildman–Crippen MR) is 88.6 cm³/mol. The SMILES string of the molecule is Cc1cccc(-c2nnc(NC(=O)/C=C/c3ccccc3)o2)c1. The fraction of sp³-hybridized carbons (Fsp3) is 0.0556. The van der Waals surface area contributed by atoms with E-state index in [0.717, 1.165) is 16.7 Å². The maximum Gasteiger partial charge on any atom is 0.322 e. The Morgan fingerprint density at radius 3 is 2.70 bits per heavy atom. The topological polar surface area (TPSA) is 68.0 Å². The van der Waals surface area contributed by atoms with Gasteiger partial charge in [0, 0.05) is 11.6 Å². The van der Waals surface area contributed by atoms with Gasteiger partial charge >= 0.3 is 6.01 Å². The van der Waals surface area contributed by atoms with Crippen molar-refractivity contribution in [3.8, 4) is 11.5 Å². The fourth-order valence-corrected chi connectivity index (χ4v) is 2.05. The van der Waals surface area contributed by atoms with Crippen LogP contribution in [0.25, 0.3) is 17.5 Å². The second kappa shape index (κ2) is 6.70. The minimum absolute atomic E-state index is 0.0733. The number of aromatic nitrogens is 2. The van der Waals surface area contributed by atoms with Crippen LogP contribution in [0.15, 0.2) is 65.1 Å².